The molecule has 220 valence electrons. The predicted octanol–water partition coefficient (Wildman–Crippen LogP) is 5.16. The van der Waals surface area contributed by atoms with Gasteiger partial charge in [0, 0.05) is 5.56 Å². The van der Waals surface area contributed by atoms with E-state index in [-0.39, 0.29) is 35.4 Å². The van der Waals surface area contributed by atoms with Crippen molar-refractivity contribution in [1.82, 2.24) is 10.2 Å². The molecule has 1 atom stereocenters. The summed E-state index contributed by atoms with van der Waals surface area (Å²) >= 11 is 0.832. The van der Waals surface area contributed by atoms with Gasteiger partial charge in [0.1, 0.15) is 22.4 Å². The standard InChI is InChI=1S/C23H24F6N3O6PS/c1-21(30,13-38-39(33,34)35)20-32-31-19(40-20)15-4-7-18(17(12-15)23(27,28)29)37-11-10-36-9-8-14-2-5-16(6-3-14)22(24,25)26/h2-7,12H,8-11,13,30H2,1H3,(H2,33,34,35)/t21-/m0/s1. The minimum absolute atomic E-state index is 0.0583. The minimum atomic E-state index is -4.81. The van der Waals surface area contributed by atoms with Gasteiger partial charge in [-0.15, -0.1) is 10.2 Å². The molecule has 3 rings (SSSR count). The molecule has 9 nitrogen and oxygen atoms in total. The largest absolute Gasteiger partial charge is 0.491 e. The number of nitrogens with two attached hydrogens (primary N) is 1. The molecule has 2 aromatic carbocycles. The molecule has 0 aliphatic carbocycles. The zero-order valence-electron chi connectivity index (χ0n) is 20.7. The molecule has 1 heterocycles. The van der Waals surface area contributed by atoms with Gasteiger partial charge in [-0.05, 0) is 49.2 Å². The maximum Gasteiger partial charge on any atom is 0.469 e. The van der Waals surface area contributed by atoms with Crippen molar-refractivity contribution in [3.8, 4) is 16.3 Å². The van der Waals surface area contributed by atoms with Crippen LogP contribution >= 0.6 is 19.2 Å². The second kappa shape index (κ2) is 12.5. The van der Waals surface area contributed by atoms with Crippen molar-refractivity contribution in [3.05, 3.63) is 64.2 Å². The molecule has 0 fully saturated rings. The molecule has 0 saturated heterocycles. The van der Waals surface area contributed by atoms with Crippen LogP contribution in [0.5, 0.6) is 5.75 Å². The van der Waals surface area contributed by atoms with E-state index in [4.69, 9.17) is 25.0 Å². The van der Waals surface area contributed by atoms with Gasteiger partial charge in [0.05, 0.1) is 36.5 Å². The number of halogens is 6. The van der Waals surface area contributed by atoms with Crippen molar-refractivity contribution in [2.24, 2.45) is 5.73 Å². The maximum absolute atomic E-state index is 13.7. The van der Waals surface area contributed by atoms with Crippen LogP contribution in [0.1, 0.15) is 28.6 Å². The zero-order valence-corrected chi connectivity index (χ0v) is 22.4. The monoisotopic (exact) mass is 615 g/mol. The molecule has 40 heavy (non-hydrogen) atoms. The van der Waals surface area contributed by atoms with Gasteiger partial charge in [0.25, 0.3) is 0 Å². The third-order valence-electron chi connectivity index (χ3n) is 5.28. The Morgan fingerprint density at radius 3 is 2.23 bits per heavy atom. The van der Waals surface area contributed by atoms with Crippen LogP contribution in [0.15, 0.2) is 42.5 Å². The van der Waals surface area contributed by atoms with Crippen molar-refractivity contribution in [2.45, 2.75) is 31.2 Å². The van der Waals surface area contributed by atoms with E-state index in [9.17, 15) is 30.9 Å². The first-order chi connectivity index (χ1) is 18.5. The van der Waals surface area contributed by atoms with Crippen LogP contribution in [0.4, 0.5) is 26.3 Å². The maximum atomic E-state index is 13.7. The predicted molar refractivity (Wildman–Crippen MR) is 131 cm³/mol. The minimum Gasteiger partial charge on any atom is -0.491 e. The van der Waals surface area contributed by atoms with Gasteiger partial charge < -0.3 is 25.0 Å². The first-order valence-electron chi connectivity index (χ1n) is 11.4. The highest BCUT2D eigenvalue weighted by Gasteiger charge is 2.36. The summed E-state index contributed by atoms with van der Waals surface area (Å²) < 4.78 is 105. The molecule has 4 N–H and O–H groups in total. The second-order valence-corrected chi connectivity index (χ2v) is 10.9. The molecule has 0 radical (unpaired) electrons. The molecular formula is C23H24F6N3O6PS. The molecule has 0 aliphatic rings. The van der Waals surface area contributed by atoms with Gasteiger partial charge in [0.2, 0.25) is 0 Å². The summed E-state index contributed by atoms with van der Waals surface area (Å²) in [5.41, 5.74) is 3.33. The summed E-state index contributed by atoms with van der Waals surface area (Å²) in [4.78, 5) is 17.7. The summed E-state index contributed by atoms with van der Waals surface area (Å²) in [6, 6.07) is 7.83. The number of rotatable bonds is 12. The second-order valence-electron chi connectivity index (χ2n) is 8.71. The number of aromatic nitrogens is 2. The number of hydrogen-bond acceptors (Lipinski definition) is 8. The quantitative estimate of drug-likeness (QED) is 0.143. The van der Waals surface area contributed by atoms with E-state index in [1.54, 1.807) is 0 Å². The summed E-state index contributed by atoms with van der Waals surface area (Å²) in [7, 11) is -4.81. The Balaban J connectivity index is 1.59. The topological polar surface area (TPSA) is 137 Å². The Bertz CT molecular complexity index is 1330. The Morgan fingerprint density at radius 2 is 1.62 bits per heavy atom. The fraction of sp³-hybridized carbons (Fsp3) is 0.391. The normalized spacial score (nSPS) is 14.2. The smallest absolute Gasteiger partial charge is 0.469 e. The van der Waals surface area contributed by atoms with Crippen molar-refractivity contribution >= 4 is 19.2 Å². The van der Waals surface area contributed by atoms with Gasteiger partial charge in [0.15, 0.2) is 0 Å². The average molecular weight is 615 g/mol. The highest BCUT2D eigenvalue weighted by atomic mass is 32.1. The lowest BCUT2D eigenvalue weighted by Gasteiger charge is -2.21. The van der Waals surface area contributed by atoms with Crippen molar-refractivity contribution in [2.75, 3.05) is 26.4 Å². The van der Waals surface area contributed by atoms with E-state index in [0.717, 1.165) is 35.6 Å². The molecule has 3 aromatic rings. The molecule has 0 spiro atoms. The van der Waals surface area contributed by atoms with Crippen LogP contribution in [0, 0.1) is 0 Å². The van der Waals surface area contributed by atoms with Crippen LogP contribution in [-0.2, 0) is 38.1 Å². The Labute approximate surface area is 228 Å². The Hall–Kier alpha value is -2.59. The summed E-state index contributed by atoms with van der Waals surface area (Å²) in [5, 5.41) is 7.83. The Morgan fingerprint density at radius 1 is 0.950 bits per heavy atom. The van der Waals surface area contributed by atoms with Gasteiger partial charge in [-0.3, -0.25) is 4.52 Å². The summed E-state index contributed by atoms with van der Waals surface area (Å²) in [6.45, 7) is 0.600. The summed E-state index contributed by atoms with van der Waals surface area (Å²) in [5.74, 6) is -0.453. The lowest BCUT2D eigenvalue weighted by Crippen LogP contribution is -2.37. The fourth-order valence-electron chi connectivity index (χ4n) is 3.22. The van der Waals surface area contributed by atoms with Gasteiger partial charge in [-0.25, -0.2) is 4.57 Å². The summed E-state index contributed by atoms with van der Waals surface area (Å²) in [6.07, 6.45) is -8.91. The third kappa shape index (κ3) is 9.23. The van der Waals surface area contributed by atoms with Crippen molar-refractivity contribution in [1.29, 1.82) is 0 Å². The highest BCUT2D eigenvalue weighted by Crippen LogP contribution is 2.41. The Kier molecular flexibility index (Phi) is 9.99. The fourth-order valence-corrected chi connectivity index (χ4v) is 4.54. The number of phosphoric ester groups is 1. The van der Waals surface area contributed by atoms with E-state index in [1.165, 1.54) is 25.1 Å². The average Bonchev–Trinajstić information content (AvgIpc) is 3.35. The lowest BCUT2D eigenvalue weighted by molar-refractivity contribution is -0.139. The van der Waals surface area contributed by atoms with E-state index in [1.807, 2.05) is 0 Å². The van der Waals surface area contributed by atoms with Crippen LogP contribution in [0.3, 0.4) is 0 Å². The van der Waals surface area contributed by atoms with E-state index >= 15 is 0 Å². The molecule has 0 aliphatic heterocycles. The number of phosphoric acid groups is 1. The lowest BCUT2D eigenvalue weighted by atomic mass is 10.1. The number of nitrogens with zero attached hydrogens (tertiary/aromatic N) is 2. The van der Waals surface area contributed by atoms with Crippen LogP contribution < -0.4 is 10.5 Å². The van der Waals surface area contributed by atoms with Crippen molar-refractivity contribution in [3.63, 3.8) is 0 Å². The molecule has 17 heteroatoms. The molecule has 0 saturated carbocycles. The molecule has 1 aromatic heterocycles. The van der Waals surface area contributed by atoms with Gasteiger partial charge >= 0.3 is 20.2 Å². The van der Waals surface area contributed by atoms with Crippen LogP contribution in [0.25, 0.3) is 10.6 Å². The number of benzene rings is 2. The molecule has 0 unspecified atom stereocenters. The van der Waals surface area contributed by atoms with Gasteiger partial charge in [-0.1, -0.05) is 23.5 Å². The van der Waals surface area contributed by atoms with E-state index < -0.39 is 49.2 Å². The van der Waals surface area contributed by atoms with E-state index in [2.05, 4.69) is 14.7 Å². The number of ether oxygens (including phenoxy) is 2. The SMILES string of the molecule is C[C@](N)(COP(=O)(O)O)c1nnc(-c2ccc(OCCOCCc3ccc(C(F)(F)F)cc3)c(C(F)(F)F)c2)s1. The molecule has 0 amide bonds. The van der Waals surface area contributed by atoms with Crippen molar-refractivity contribution < 1.29 is 54.7 Å². The van der Waals surface area contributed by atoms with Crippen LogP contribution in [0.2, 0.25) is 0 Å². The number of hydrogen-bond donors (Lipinski definition) is 3. The number of alkyl halides is 6. The molecule has 0 bridgehead atoms. The van der Waals surface area contributed by atoms with Gasteiger partial charge in [-0.2, -0.15) is 26.3 Å². The first-order valence-corrected chi connectivity index (χ1v) is 13.7. The highest BCUT2D eigenvalue weighted by molar-refractivity contribution is 7.46. The molecular weight excluding hydrogens is 591 g/mol. The van der Waals surface area contributed by atoms with Crippen LogP contribution in [-0.4, -0.2) is 46.4 Å². The zero-order chi connectivity index (χ0) is 29.8. The van der Waals surface area contributed by atoms with E-state index in [0.29, 0.717) is 12.0 Å². The first kappa shape index (κ1) is 31.9. The third-order valence-corrected chi connectivity index (χ3v) is 7.00.